The summed E-state index contributed by atoms with van der Waals surface area (Å²) in [5.41, 5.74) is 1.34. The summed E-state index contributed by atoms with van der Waals surface area (Å²) in [5, 5.41) is 7.28. The van der Waals surface area contributed by atoms with Crippen molar-refractivity contribution in [1.82, 2.24) is 10.6 Å². The van der Waals surface area contributed by atoms with Crippen molar-refractivity contribution in [2.75, 3.05) is 13.1 Å². The predicted molar refractivity (Wildman–Crippen MR) is 115 cm³/mol. The summed E-state index contributed by atoms with van der Waals surface area (Å²) < 4.78 is 1.31. The summed E-state index contributed by atoms with van der Waals surface area (Å²) in [6.07, 6.45) is 9.11. The first-order chi connectivity index (χ1) is 11.8. The molecule has 0 heterocycles. The van der Waals surface area contributed by atoms with E-state index in [1.807, 2.05) is 0 Å². The molecule has 0 amide bonds. The summed E-state index contributed by atoms with van der Waals surface area (Å²) in [4.78, 5) is 0. The van der Waals surface area contributed by atoms with E-state index >= 15 is 0 Å². The van der Waals surface area contributed by atoms with Gasteiger partial charge < -0.3 is 0 Å². The molecule has 1 atom stereocenters. The molecule has 0 aromatic rings. The number of hydrogen-bond acceptors (Lipinski definition) is 2. The van der Waals surface area contributed by atoms with Crippen LogP contribution in [0.4, 0.5) is 0 Å². The molecule has 0 rings (SSSR count). The first kappa shape index (κ1) is 26.5. The average Bonchev–Trinajstić information content (AvgIpc) is 2.57. The van der Waals surface area contributed by atoms with E-state index in [1.165, 1.54) is 68.4 Å². The Kier molecular flexibility index (Phi) is 12.4. The zero-order valence-electron chi connectivity index (χ0n) is 19.3. The van der Waals surface area contributed by atoms with Gasteiger partial charge in [0, 0.05) is 0 Å². The molecule has 2 nitrogen and oxygen atoms in total. The van der Waals surface area contributed by atoms with Gasteiger partial charge in [0.05, 0.1) is 0 Å². The molecule has 156 valence electrons. The van der Waals surface area contributed by atoms with E-state index in [4.69, 9.17) is 0 Å². The topological polar surface area (TPSA) is 24.1 Å². The summed E-state index contributed by atoms with van der Waals surface area (Å²) in [6.45, 7) is 23.6. The van der Waals surface area contributed by atoms with Crippen molar-refractivity contribution in [3.63, 3.8) is 0 Å². The molecule has 0 saturated carbocycles. The molecule has 1 unspecified atom stereocenters. The minimum absolute atomic E-state index is 0.355. The molecule has 0 aliphatic carbocycles. The van der Waals surface area contributed by atoms with Gasteiger partial charge in [-0.3, -0.25) is 0 Å². The van der Waals surface area contributed by atoms with Crippen LogP contribution in [0.5, 0.6) is 0 Å². The van der Waals surface area contributed by atoms with Gasteiger partial charge in [-0.2, -0.15) is 0 Å². The summed E-state index contributed by atoms with van der Waals surface area (Å²) in [5.74, 6) is 0.809. The molecule has 0 fully saturated rings. The summed E-state index contributed by atoms with van der Waals surface area (Å²) in [6, 6.07) is 0. The monoisotopic (exact) mass is 536 g/mol. The molecule has 0 saturated heterocycles. The fourth-order valence-electron chi connectivity index (χ4n) is 2.71. The third kappa shape index (κ3) is 13.6. The first-order valence-corrected chi connectivity index (χ1v) is 12.3. The van der Waals surface area contributed by atoms with Gasteiger partial charge in [0.15, 0.2) is 0 Å². The number of hydrogen-bond donors (Lipinski definition) is 2. The van der Waals surface area contributed by atoms with Gasteiger partial charge in [0.25, 0.3) is 0 Å². The van der Waals surface area contributed by atoms with Gasteiger partial charge in [-0.15, -0.1) is 0 Å². The predicted octanol–water partition coefficient (Wildman–Crippen LogP) is 6.29. The van der Waals surface area contributed by atoms with E-state index in [0.29, 0.717) is 16.2 Å². The fourth-order valence-corrected chi connectivity index (χ4v) is 3.34. The Balaban J connectivity index is 3.98. The van der Waals surface area contributed by atoms with Crippen LogP contribution in [0.3, 0.4) is 0 Å². The van der Waals surface area contributed by atoms with Crippen molar-refractivity contribution in [3.05, 3.63) is 0 Å². The van der Waals surface area contributed by atoms with Gasteiger partial charge in [-0.1, -0.05) is 0 Å². The van der Waals surface area contributed by atoms with Crippen molar-refractivity contribution in [2.45, 2.75) is 107 Å². The third-order valence-corrected chi connectivity index (χ3v) is 7.39. The fraction of sp³-hybridized carbons (Fsp3) is 0.957. The standard InChI is InChI=1S/C23H48N2.W/c1-10-21(4,5)14-12-20(3)13-17-24-19-25-18-23(8,9)16-15-22(6,7)11-2;/h20,24-25H,10-18H2,1-9H3;. The SMILES string of the molecule is CCC(C)(C)CCC(C)CCN[C](=[W])NCC(C)(C)CCC(C)(C)CC. The van der Waals surface area contributed by atoms with Crippen LogP contribution < -0.4 is 10.6 Å². The van der Waals surface area contributed by atoms with Crippen LogP contribution in [0.2, 0.25) is 0 Å². The second-order valence-corrected chi connectivity index (χ2v) is 12.2. The quantitative estimate of drug-likeness (QED) is 0.257. The van der Waals surface area contributed by atoms with Crippen LogP contribution in [-0.4, -0.2) is 17.2 Å². The third-order valence-electron chi connectivity index (χ3n) is 6.36. The minimum atomic E-state index is 0.355. The van der Waals surface area contributed by atoms with Crippen molar-refractivity contribution in [1.29, 1.82) is 0 Å². The van der Waals surface area contributed by atoms with Crippen LogP contribution in [0, 0.1) is 22.2 Å². The van der Waals surface area contributed by atoms with Crippen LogP contribution in [0.25, 0.3) is 0 Å². The Morgan fingerprint density at radius 3 is 1.81 bits per heavy atom. The van der Waals surface area contributed by atoms with Crippen LogP contribution in [0.15, 0.2) is 0 Å². The second-order valence-electron chi connectivity index (χ2n) is 10.7. The van der Waals surface area contributed by atoms with E-state index in [0.717, 1.165) is 19.0 Å². The van der Waals surface area contributed by atoms with Crippen molar-refractivity contribution in [3.8, 4) is 0 Å². The van der Waals surface area contributed by atoms with Gasteiger partial charge in [-0.05, 0) is 0 Å². The molecule has 0 radical (unpaired) electrons. The Morgan fingerprint density at radius 1 is 0.769 bits per heavy atom. The van der Waals surface area contributed by atoms with Crippen LogP contribution >= 0.6 is 0 Å². The normalized spacial score (nSPS) is 14.5. The summed E-state index contributed by atoms with van der Waals surface area (Å²) >= 11 is 1.52. The van der Waals surface area contributed by atoms with Gasteiger partial charge in [0.1, 0.15) is 0 Å². The molecule has 3 heteroatoms. The molecular formula is C23H48N2W. The Labute approximate surface area is 176 Å². The second kappa shape index (κ2) is 12.1. The van der Waals surface area contributed by atoms with Gasteiger partial charge in [0.2, 0.25) is 0 Å². The Bertz CT molecular complexity index is 399. The van der Waals surface area contributed by atoms with Gasteiger partial charge >= 0.3 is 177 Å². The molecular weight excluding hydrogens is 488 g/mol. The Morgan fingerprint density at radius 2 is 1.27 bits per heavy atom. The summed E-state index contributed by atoms with van der Waals surface area (Å²) in [7, 11) is 0. The van der Waals surface area contributed by atoms with E-state index in [2.05, 4.69) is 72.9 Å². The van der Waals surface area contributed by atoms with Crippen LogP contribution in [0.1, 0.15) is 107 Å². The van der Waals surface area contributed by atoms with Crippen molar-refractivity contribution >= 4 is 4.15 Å². The van der Waals surface area contributed by atoms with E-state index in [-0.39, 0.29) is 0 Å². The molecule has 2 N–H and O–H groups in total. The zero-order chi connectivity index (χ0) is 20.4. The molecule has 0 aliphatic rings. The average molecular weight is 536 g/mol. The number of rotatable bonds is 15. The maximum atomic E-state index is 3.66. The molecule has 0 bridgehead atoms. The number of nitrogens with one attached hydrogen (secondary N) is 2. The van der Waals surface area contributed by atoms with Crippen LogP contribution in [-0.2, 0) is 19.4 Å². The maximum absolute atomic E-state index is 3.66. The molecule has 0 spiro atoms. The zero-order valence-corrected chi connectivity index (χ0v) is 22.3. The van der Waals surface area contributed by atoms with Crippen molar-refractivity contribution < 1.29 is 19.4 Å². The Hall–Kier alpha value is 0.478. The van der Waals surface area contributed by atoms with Gasteiger partial charge in [-0.25, -0.2) is 0 Å². The molecule has 0 aromatic carbocycles. The van der Waals surface area contributed by atoms with Crippen molar-refractivity contribution in [2.24, 2.45) is 22.2 Å². The molecule has 26 heavy (non-hydrogen) atoms. The van der Waals surface area contributed by atoms with E-state index < -0.39 is 0 Å². The van der Waals surface area contributed by atoms with E-state index in [1.54, 1.807) is 0 Å². The first-order valence-electron chi connectivity index (χ1n) is 10.8. The molecule has 0 aliphatic heterocycles. The van der Waals surface area contributed by atoms with E-state index in [9.17, 15) is 0 Å². The molecule has 0 aromatic heterocycles.